The van der Waals surface area contributed by atoms with Gasteiger partial charge in [0.15, 0.2) is 6.61 Å². The lowest BCUT2D eigenvalue weighted by Crippen LogP contribution is -2.42. The Morgan fingerprint density at radius 2 is 1.88 bits per heavy atom. The van der Waals surface area contributed by atoms with Gasteiger partial charge < -0.3 is 19.1 Å². The molecular weight excluding hydrogens is 436 g/mol. The number of rotatable bonds is 8. The Morgan fingerprint density at radius 3 is 2.53 bits per heavy atom. The molecule has 3 rings (SSSR count). The van der Waals surface area contributed by atoms with E-state index in [4.69, 9.17) is 14.2 Å². The zero-order valence-electron chi connectivity index (χ0n) is 18.1. The van der Waals surface area contributed by atoms with Gasteiger partial charge in [0.1, 0.15) is 12.3 Å². The predicted octanol–water partition coefficient (Wildman–Crippen LogP) is 2.30. The molecule has 0 radical (unpaired) electrons. The lowest BCUT2D eigenvalue weighted by Gasteiger charge is -2.26. The second-order valence-corrected chi connectivity index (χ2v) is 8.32. The number of esters is 1. The molecule has 0 saturated carbocycles. The number of thioether (sulfide) groups is 1. The Labute approximate surface area is 190 Å². The van der Waals surface area contributed by atoms with Crippen molar-refractivity contribution in [3.8, 4) is 5.75 Å². The van der Waals surface area contributed by atoms with Crippen LogP contribution in [0.4, 0.5) is 4.79 Å². The first-order chi connectivity index (χ1) is 15.4. The van der Waals surface area contributed by atoms with Gasteiger partial charge in [0, 0.05) is 13.1 Å². The highest BCUT2D eigenvalue weighted by Gasteiger charge is 2.36. The van der Waals surface area contributed by atoms with Crippen molar-refractivity contribution in [3.63, 3.8) is 0 Å². The predicted molar refractivity (Wildman–Crippen MR) is 118 cm³/mol. The van der Waals surface area contributed by atoms with E-state index in [-0.39, 0.29) is 23.5 Å². The highest BCUT2D eigenvalue weighted by Crippen LogP contribution is 2.32. The van der Waals surface area contributed by atoms with E-state index in [1.165, 1.54) is 0 Å². The monoisotopic (exact) mass is 462 g/mol. The second kappa shape index (κ2) is 11.1. The molecule has 0 aliphatic carbocycles. The second-order valence-electron chi connectivity index (χ2n) is 7.33. The minimum Gasteiger partial charge on any atom is -0.484 e. The summed E-state index contributed by atoms with van der Waals surface area (Å²) in [6.07, 6.45) is 1.95. The van der Waals surface area contributed by atoms with Gasteiger partial charge >= 0.3 is 5.97 Å². The van der Waals surface area contributed by atoms with Crippen molar-refractivity contribution in [1.82, 2.24) is 9.80 Å². The van der Waals surface area contributed by atoms with Crippen LogP contribution in [0.5, 0.6) is 5.75 Å². The fourth-order valence-corrected chi connectivity index (χ4v) is 3.81. The first kappa shape index (κ1) is 23.8. The highest BCUT2D eigenvalue weighted by atomic mass is 32.2. The summed E-state index contributed by atoms with van der Waals surface area (Å²) in [7, 11) is 0. The van der Waals surface area contributed by atoms with Crippen molar-refractivity contribution in [2.75, 3.05) is 39.5 Å². The average Bonchev–Trinajstić information content (AvgIpc) is 3.06. The van der Waals surface area contributed by atoms with Crippen molar-refractivity contribution < 1.29 is 33.4 Å². The van der Waals surface area contributed by atoms with Crippen LogP contribution in [-0.4, -0.2) is 78.4 Å². The number of carbonyl (C=O) groups excluding carboxylic acids is 4. The highest BCUT2D eigenvalue weighted by molar-refractivity contribution is 8.18. The molecule has 0 spiro atoms. The molecule has 3 amide bonds. The number of hydrogen-bond donors (Lipinski definition) is 0. The summed E-state index contributed by atoms with van der Waals surface area (Å²) in [4.78, 5) is 51.6. The normalized spacial score (nSPS) is 18.8. The van der Waals surface area contributed by atoms with Gasteiger partial charge in [0.25, 0.3) is 17.1 Å². The topological polar surface area (TPSA) is 102 Å². The maximum absolute atomic E-state index is 12.5. The van der Waals surface area contributed by atoms with Gasteiger partial charge in [-0.05, 0) is 48.9 Å². The smallest absolute Gasteiger partial charge is 0.326 e. The van der Waals surface area contributed by atoms with Crippen LogP contribution in [0.25, 0.3) is 6.08 Å². The molecule has 2 heterocycles. The van der Waals surface area contributed by atoms with Crippen molar-refractivity contribution in [1.29, 1.82) is 0 Å². The number of nitrogens with zero attached hydrogens (tertiary/aromatic N) is 2. The first-order valence-corrected chi connectivity index (χ1v) is 11.2. The molecule has 172 valence electrons. The molecule has 0 N–H and O–H groups in total. The third kappa shape index (κ3) is 6.33. The Hall–Kier alpha value is -2.85. The molecule has 1 aromatic rings. The molecule has 1 atom stereocenters. The molecule has 0 unspecified atom stereocenters. The van der Waals surface area contributed by atoms with Crippen LogP contribution in [-0.2, 0) is 23.9 Å². The molecule has 32 heavy (non-hydrogen) atoms. The number of amides is 3. The van der Waals surface area contributed by atoms with E-state index in [1.54, 1.807) is 42.2 Å². The van der Waals surface area contributed by atoms with E-state index >= 15 is 0 Å². The Bertz CT molecular complexity index is 894. The summed E-state index contributed by atoms with van der Waals surface area (Å²) in [5.74, 6) is -0.726. The largest absolute Gasteiger partial charge is 0.484 e. The minimum atomic E-state index is -0.615. The van der Waals surface area contributed by atoms with Gasteiger partial charge in [0.05, 0.1) is 24.2 Å². The summed E-state index contributed by atoms with van der Waals surface area (Å²) in [6, 6.07) is 6.82. The molecule has 9 nitrogen and oxygen atoms in total. The summed E-state index contributed by atoms with van der Waals surface area (Å²) in [5.41, 5.74) is 0.685. The number of ether oxygens (including phenoxy) is 3. The molecule has 1 aromatic carbocycles. The number of carbonyl (C=O) groups is 4. The maximum atomic E-state index is 12.5. The Morgan fingerprint density at radius 1 is 1.19 bits per heavy atom. The molecule has 0 bridgehead atoms. The van der Waals surface area contributed by atoms with Crippen molar-refractivity contribution >= 4 is 40.9 Å². The van der Waals surface area contributed by atoms with Gasteiger partial charge in [-0.15, -0.1) is 0 Å². The molecule has 2 aliphatic rings. The number of morpholine rings is 1. The zero-order chi connectivity index (χ0) is 23.1. The fraction of sp³-hybridized carbons (Fsp3) is 0.455. The first-order valence-electron chi connectivity index (χ1n) is 10.4. The molecule has 0 aromatic heterocycles. The van der Waals surface area contributed by atoms with Crippen LogP contribution >= 0.6 is 11.8 Å². The van der Waals surface area contributed by atoms with Gasteiger partial charge in [-0.25, -0.2) is 0 Å². The van der Waals surface area contributed by atoms with Crippen molar-refractivity contribution in [2.24, 2.45) is 0 Å². The third-order valence-corrected chi connectivity index (χ3v) is 5.88. The zero-order valence-corrected chi connectivity index (χ0v) is 18.9. The van der Waals surface area contributed by atoms with Gasteiger partial charge in [-0.3, -0.25) is 24.1 Å². The molecular formula is C22H26N2O7S. The Kier molecular flexibility index (Phi) is 8.29. The fourth-order valence-electron chi connectivity index (χ4n) is 2.97. The van der Waals surface area contributed by atoms with Crippen LogP contribution < -0.4 is 4.74 Å². The van der Waals surface area contributed by atoms with Crippen LogP contribution in [0, 0.1) is 0 Å². The SMILES string of the molecule is CC[C@@H](C)OC(=O)CN1C(=O)S/C(=C/c2ccc(OCC(=O)N3CCOCC3)cc2)C1=O. The van der Waals surface area contributed by atoms with E-state index < -0.39 is 23.7 Å². The Balaban J connectivity index is 1.55. The lowest BCUT2D eigenvalue weighted by atomic mass is 10.2. The van der Waals surface area contributed by atoms with Gasteiger partial charge in [-0.2, -0.15) is 0 Å². The average molecular weight is 463 g/mol. The van der Waals surface area contributed by atoms with Gasteiger partial charge in [-0.1, -0.05) is 19.1 Å². The van der Waals surface area contributed by atoms with E-state index in [0.29, 0.717) is 44.0 Å². The molecule has 2 aliphatic heterocycles. The lowest BCUT2D eigenvalue weighted by molar-refractivity contribution is -0.150. The van der Waals surface area contributed by atoms with Crippen LogP contribution in [0.15, 0.2) is 29.2 Å². The van der Waals surface area contributed by atoms with Crippen LogP contribution in [0.1, 0.15) is 25.8 Å². The third-order valence-electron chi connectivity index (χ3n) is 4.97. The summed E-state index contributed by atoms with van der Waals surface area (Å²) in [6.45, 7) is 5.34. The molecule has 2 fully saturated rings. The summed E-state index contributed by atoms with van der Waals surface area (Å²) >= 11 is 0.777. The quantitative estimate of drug-likeness (QED) is 0.428. The van der Waals surface area contributed by atoms with Crippen molar-refractivity contribution in [2.45, 2.75) is 26.4 Å². The van der Waals surface area contributed by atoms with E-state index in [1.807, 2.05) is 6.92 Å². The summed E-state index contributed by atoms with van der Waals surface area (Å²) < 4.78 is 15.9. The summed E-state index contributed by atoms with van der Waals surface area (Å²) in [5, 5.41) is -0.510. The molecule has 10 heteroatoms. The number of benzene rings is 1. The molecule has 2 saturated heterocycles. The van der Waals surface area contributed by atoms with E-state index in [9.17, 15) is 19.2 Å². The van der Waals surface area contributed by atoms with Crippen molar-refractivity contribution in [3.05, 3.63) is 34.7 Å². The standard InChI is InChI=1S/C22H26N2O7S/c1-3-15(2)31-20(26)13-24-21(27)18(32-22(24)28)12-16-4-6-17(7-5-16)30-14-19(25)23-8-10-29-11-9-23/h4-7,12,15H,3,8-11,13-14H2,1-2H3/b18-12+/t15-/m1/s1. The minimum absolute atomic E-state index is 0.0645. The number of hydrogen-bond acceptors (Lipinski definition) is 8. The maximum Gasteiger partial charge on any atom is 0.326 e. The van der Waals surface area contributed by atoms with E-state index in [2.05, 4.69) is 0 Å². The number of imide groups is 1. The van der Waals surface area contributed by atoms with E-state index in [0.717, 1.165) is 16.7 Å². The van der Waals surface area contributed by atoms with Crippen LogP contribution in [0.2, 0.25) is 0 Å². The van der Waals surface area contributed by atoms with Crippen LogP contribution in [0.3, 0.4) is 0 Å². The van der Waals surface area contributed by atoms with Gasteiger partial charge in [0.2, 0.25) is 0 Å².